The second-order valence-corrected chi connectivity index (χ2v) is 3.19. The predicted molar refractivity (Wildman–Crippen MR) is 58.3 cm³/mol. The molecule has 0 spiro atoms. The summed E-state index contributed by atoms with van der Waals surface area (Å²) in [6, 6.07) is 7.40. The Morgan fingerprint density at radius 1 is 1.25 bits per heavy atom. The Balaban J connectivity index is 2.14. The van der Waals surface area contributed by atoms with E-state index in [1.807, 2.05) is 0 Å². The molecule has 0 amide bonds. The van der Waals surface area contributed by atoms with Crippen LogP contribution in [0.4, 0.5) is 5.82 Å². The van der Waals surface area contributed by atoms with Gasteiger partial charge in [-0.05, 0) is 30.3 Å². The number of ether oxygens (including phenoxy) is 1. The zero-order valence-electron chi connectivity index (χ0n) is 8.31. The van der Waals surface area contributed by atoms with Crippen LogP contribution in [-0.4, -0.2) is 16.1 Å². The number of hydrogen-bond donors (Lipinski definition) is 3. The highest BCUT2D eigenvalue weighted by Gasteiger charge is 2.12. The molecule has 0 saturated heterocycles. The third-order valence-corrected chi connectivity index (χ3v) is 2.05. The van der Waals surface area contributed by atoms with E-state index in [1.54, 1.807) is 6.20 Å². The molecule has 0 radical (unpaired) electrons. The fourth-order valence-electron chi connectivity index (χ4n) is 1.24. The van der Waals surface area contributed by atoms with E-state index in [0.29, 0.717) is 5.75 Å². The average Bonchev–Trinajstić information content (AvgIpc) is 2.68. The van der Waals surface area contributed by atoms with Gasteiger partial charge >= 0.3 is 5.97 Å². The molecule has 4 N–H and O–H groups in total. The van der Waals surface area contributed by atoms with Crippen molar-refractivity contribution >= 4 is 11.8 Å². The van der Waals surface area contributed by atoms with Gasteiger partial charge in [0.1, 0.15) is 22.9 Å². The van der Waals surface area contributed by atoms with Crippen molar-refractivity contribution in [3.63, 3.8) is 0 Å². The van der Waals surface area contributed by atoms with E-state index in [1.165, 1.54) is 30.3 Å². The summed E-state index contributed by atoms with van der Waals surface area (Å²) in [6.45, 7) is 0. The minimum atomic E-state index is -0.538. The van der Waals surface area contributed by atoms with E-state index in [4.69, 9.17) is 15.6 Å². The number of aromatic hydroxyl groups is 1. The quantitative estimate of drug-likeness (QED) is 0.526. The minimum absolute atomic E-state index is 0.112. The number of aromatic nitrogens is 1. The van der Waals surface area contributed by atoms with Crippen molar-refractivity contribution in [2.45, 2.75) is 0 Å². The van der Waals surface area contributed by atoms with Crippen LogP contribution in [0.2, 0.25) is 0 Å². The SMILES string of the molecule is Nc1[nH]ccc1C(=O)Oc1ccc(O)cc1. The molecule has 0 bridgehead atoms. The lowest BCUT2D eigenvalue weighted by molar-refractivity contribution is 0.0736. The molecule has 1 aromatic carbocycles. The van der Waals surface area contributed by atoms with Crippen molar-refractivity contribution in [1.82, 2.24) is 4.98 Å². The van der Waals surface area contributed by atoms with Gasteiger partial charge in [-0.25, -0.2) is 4.79 Å². The van der Waals surface area contributed by atoms with E-state index in [-0.39, 0.29) is 17.1 Å². The van der Waals surface area contributed by atoms with Crippen LogP contribution in [0.25, 0.3) is 0 Å². The molecule has 0 aliphatic rings. The summed E-state index contributed by atoms with van der Waals surface area (Å²) >= 11 is 0. The number of nitrogen functional groups attached to an aromatic ring is 1. The van der Waals surface area contributed by atoms with Crippen molar-refractivity contribution in [3.05, 3.63) is 42.1 Å². The maximum Gasteiger partial charge on any atom is 0.347 e. The molecule has 0 fully saturated rings. The summed E-state index contributed by atoms with van der Waals surface area (Å²) in [5, 5.41) is 9.05. The fourth-order valence-corrected chi connectivity index (χ4v) is 1.24. The van der Waals surface area contributed by atoms with Crippen LogP contribution >= 0.6 is 0 Å². The lowest BCUT2D eigenvalue weighted by Crippen LogP contribution is -2.09. The van der Waals surface area contributed by atoms with Crippen molar-refractivity contribution in [2.75, 3.05) is 5.73 Å². The number of hydrogen-bond acceptors (Lipinski definition) is 4. The van der Waals surface area contributed by atoms with Gasteiger partial charge in [0.2, 0.25) is 0 Å². The molecular formula is C11H10N2O3. The van der Waals surface area contributed by atoms with Crippen LogP contribution in [-0.2, 0) is 0 Å². The Morgan fingerprint density at radius 2 is 1.94 bits per heavy atom. The molecule has 0 aliphatic carbocycles. The fraction of sp³-hybridized carbons (Fsp3) is 0. The zero-order valence-corrected chi connectivity index (χ0v) is 8.31. The van der Waals surface area contributed by atoms with Gasteiger partial charge in [-0.1, -0.05) is 0 Å². The van der Waals surface area contributed by atoms with Gasteiger partial charge in [-0.2, -0.15) is 0 Å². The predicted octanol–water partition coefficient (Wildman–Crippen LogP) is 1.52. The van der Waals surface area contributed by atoms with Crippen LogP contribution < -0.4 is 10.5 Å². The summed E-state index contributed by atoms with van der Waals surface area (Å²) in [5.41, 5.74) is 5.81. The molecule has 82 valence electrons. The largest absolute Gasteiger partial charge is 0.508 e. The first kappa shape index (κ1) is 10.1. The summed E-state index contributed by atoms with van der Waals surface area (Å²) < 4.78 is 5.04. The molecule has 0 saturated carbocycles. The Morgan fingerprint density at radius 3 is 2.50 bits per heavy atom. The van der Waals surface area contributed by atoms with E-state index < -0.39 is 5.97 Å². The van der Waals surface area contributed by atoms with E-state index in [2.05, 4.69) is 4.98 Å². The first-order chi connectivity index (χ1) is 7.66. The van der Waals surface area contributed by atoms with Gasteiger partial charge in [0.15, 0.2) is 0 Å². The number of esters is 1. The molecule has 5 nitrogen and oxygen atoms in total. The summed E-state index contributed by atoms with van der Waals surface area (Å²) in [6.07, 6.45) is 1.56. The third-order valence-electron chi connectivity index (χ3n) is 2.05. The molecule has 1 heterocycles. The highest BCUT2D eigenvalue weighted by Crippen LogP contribution is 2.18. The van der Waals surface area contributed by atoms with Crippen molar-refractivity contribution < 1.29 is 14.6 Å². The molecule has 2 rings (SSSR count). The summed E-state index contributed by atoms with van der Waals surface area (Å²) in [4.78, 5) is 14.3. The van der Waals surface area contributed by atoms with Gasteiger partial charge in [0.05, 0.1) is 0 Å². The molecular weight excluding hydrogens is 208 g/mol. The van der Waals surface area contributed by atoms with E-state index >= 15 is 0 Å². The Hall–Kier alpha value is -2.43. The van der Waals surface area contributed by atoms with Gasteiger partial charge in [0.25, 0.3) is 0 Å². The molecule has 16 heavy (non-hydrogen) atoms. The van der Waals surface area contributed by atoms with Gasteiger partial charge in [0, 0.05) is 6.20 Å². The zero-order chi connectivity index (χ0) is 11.5. The minimum Gasteiger partial charge on any atom is -0.508 e. The number of phenols is 1. The first-order valence-electron chi connectivity index (χ1n) is 4.61. The standard InChI is InChI=1S/C11H10N2O3/c12-10-9(5-6-13-10)11(15)16-8-3-1-7(14)2-4-8/h1-6,13-14H,12H2. The van der Waals surface area contributed by atoms with Crippen molar-refractivity contribution in [3.8, 4) is 11.5 Å². The highest BCUT2D eigenvalue weighted by molar-refractivity contribution is 5.95. The number of H-pyrrole nitrogens is 1. The molecule has 0 aliphatic heterocycles. The maximum absolute atomic E-state index is 11.6. The lowest BCUT2D eigenvalue weighted by atomic mass is 10.3. The lowest BCUT2D eigenvalue weighted by Gasteiger charge is -2.03. The topological polar surface area (TPSA) is 88.3 Å². The average molecular weight is 218 g/mol. The van der Waals surface area contributed by atoms with Crippen LogP contribution in [0, 0.1) is 0 Å². The number of aromatic amines is 1. The number of anilines is 1. The molecule has 2 aromatic rings. The number of benzene rings is 1. The maximum atomic E-state index is 11.6. The third kappa shape index (κ3) is 1.98. The van der Waals surface area contributed by atoms with E-state index in [9.17, 15) is 4.79 Å². The molecule has 0 unspecified atom stereocenters. The van der Waals surface area contributed by atoms with Crippen molar-refractivity contribution in [1.29, 1.82) is 0 Å². The normalized spacial score (nSPS) is 10.0. The second-order valence-electron chi connectivity index (χ2n) is 3.19. The van der Waals surface area contributed by atoms with Gasteiger partial charge < -0.3 is 20.6 Å². The number of phenolic OH excluding ortho intramolecular Hbond substituents is 1. The number of nitrogens with two attached hydrogens (primary N) is 1. The Bertz CT molecular complexity index is 502. The van der Waals surface area contributed by atoms with Crippen LogP contribution in [0.15, 0.2) is 36.5 Å². The van der Waals surface area contributed by atoms with Crippen LogP contribution in [0.1, 0.15) is 10.4 Å². The van der Waals surface area contributed by atoms with Crippen LogP contribution in [0.5, 0.6) is 11.5 Å². The first-order valence-corrected chi connectivity index (χ1v) is 4.61. The summed E-state index contributed by atoms with van der Waals surface area (Å²) in [5.74, 6) is 0.192. The van der Waals surface area contributed by atoms with Gasteiger partial charge in [-0.3, -0.25) is 0 Å². The number of carbonyl (C=O) groups excluding carboxylic acids is 1. The molecule has 0 atom stereocenters. The van der Waals surface area contributed by atoms with Crippen molar-refractivity contribution in [2.24, 2.45) is 0 Å². The molecule has 5 heteroatoms. The second kappa shape index (κ2) is 3.98. The molecule has 1 aromatic heterocycles. The number of rotatable bonds is 2. The highest BCUT2D eigenvalue weighted by atomic mass is 16.5. The smallest absolute Gasteiger partial charge is 0.347 e. The van der Waals surface area contributed by atoms with Crippen LogP contribution in [0.3, 0.4) is 0 Å². The number of nitrogens with one attached hydrogen (secondary N) is 1. The Labute approximate surface area is 91.5 Å². The van der Waals surface area contributed by atoms with Gasteiger partial charge in [-0.15, -0.1) is 0 Å². The summed E-state index contributed by atoms with van der Waals surface area (Å²) in [7, 11) is 0. The monoisotopic (exact) mass is 218 g/mol. The Kier molecular flexibility index (Phi) is 2.51. The number of carbonyl (C=O) groups is 1. The van der Waals surface area contributed by atoms with E-state index in [0.717, 1.165) is 0 Å².